The molecule has 3 rings (SSSR count). The number of carbonyl (C=O) groups excluding carboxylic acids is 2. The number of methoxy groups -OCH3 is 1. The summed E-state index contributed by atoms with van der Waals surface area (Å²) in [4.78, 5) is 24.6. The van der Waals surface area contributed by atoms with Gasteiger partial charge in [0.2, 0.25) is 0 Å². The van der Waals surface area contributed by atoms with Gasteiger partial charge in [0.25, 0.3) is 5.91 Å². The number of nitrogens with zero attached hydrogens (tertiary/aromatic N) is 1. The third-order valence-corrected chi connectivity index (χ3v) is 6.08. The number of benzene rings is 2. The Balaban J connectivity index is 1.74. The van der Waals surface area contributed by atoms with Crippen LogP contribution < -0.4 is 5.43 Å². The van der Waals surface area contributed by atoms with Crippen molar-refractivity contribution in [1.82, 2.24) is 5.43 Å². The molecule has 1 amide bonds. The molecule has 0 bridgehead atoms. The molecular formula is C25H26N2O4S. The third kappa shape index (κ3) is 5.06. The molecular weight excluding hydrogens is 424 g/mol. The molecule has 0 aliphatic rings. The van der Waals surface area contributed by atoms with Gasteiger partial charge in [-0.3, -0.25) is 4.79 Å². The molecule has 2 N–H and O–H groups in total. The largest absolute Gasteiger partial charge is 0.506 e. The monoisotopic (exact) mass is 450 g/mol. The SMILES string of the molecule is COC(=O)c1ccc(C(=O)N/N=C(/C)c2csc(-c3ccc(C(C)(C)C)cc3)c2O)cc1. The number of ether oxygens (including phenoxy) is 1. The molecule has 7 heteroatoms. The Labute approximate surface area is 191 Å². The van der Waals surface area contributed by atoms with Crippen LogP contribution in [0.2, 0.25) is 0 Å². The maximum absolute atomic E-state index is 12.4. The van der Waals surface area contributed by atoms with E-state index in [1.54, 1.807) is 6.92 Å². The lowest BCUT2D eigenvalue weighted by Gasteiger charge is -2.19. The van der Waals surface area contributed by atoms with E-state index in [-0.39, 0.29) is 11.2 Å². The minimum Gasteiger partial charge on any atom is -0.506 e. The van der Waals surface area contributed by atoms with Crippen molar-refractivity contribution in [3.05, 3.63) is 76.2 Å². The molecule has 1 heterocycles. The summed E-state index contributed by atoms with van der Waals surface area (Å²) in [7, 11) is 1.30. The van der Waals surface area contributed by atoms with Crippen LogP contribution in [0.5, 0.6) is 5.75 Å². The van der Waals surface area contributed by atoms with Gasteiger partial charge < -0.3 is 9.84 Å². The molecule has 0 spiro atoms. The van der Waals surface area contributed by atoms with E-state index in [4.69, 9.17) is 0 Å². The number of carbonyl (C=O) groups is 2. The van der Waals surface area contributed by atoms with Gasteiger partial charge in [0, 0.05) is 10.9 Å². The van der Waals surface area contributed by atoms with Crippen molar-refractivity contribution in [3.63, 3.8) is 0 Å². The van der Waals surface area contributed by atoms with Gasteiger partial charge in [-0.2, -0.15) is 5.10 Å². The van der Waals surface area contributed by atoms with Gasteiger partial charge in [-0.15, -0.1) is 11.3 Å². The zero-order valence-electron chi connectivity index (χ0n) is 18.7. The Hall–Kier alpha value is -3.45. The van der Waals surface area contributed by atoms with Crippen LogP contribution in [0.4, 0.5) is 0 Å². The Morgan fingerprint density at radius 3 is 2.16 bits per heavy atom. The molecule has 32 heavy (non-hydrogen) atoms. The first-order valence-corrected chi connectivity index (χ1v) is 10.9. The fourth-order valence-corrected chi connectivity index (χ4v) is 4.08. The van der Waals surface area contributed by atoms with Crippen molar-refractivity contribution in [2.45, 2.75) is 33.1 Å². The smallest absolute Gasteiger partial charge is 0.337 e. The number of thiophene rings is 1. The third-order valence-electron chi connectivity index (χ3n) is 5.06. The van der Waals surface area contributed by atoms with Gasteiger partial charge in [0.15, 0.2) is 0 Å². The van der Waals surface area contributed by atoms with Crippen molar-refractivity contribution in [3.8, 4) is 16.2 Å². The maximum Gasteiger partial charge on any atom is 0.337 e. The summed E-state index contributed by atoms with van der Waals surface area (Å²) in [5.41, 5.74) is 6.44. The molecule has 1 aromatic heterocycles. The van der Waals surface area contributed by atoms with E-state index in [2.05, 4.69) is 48.2 Å². The average molecular weight is 451 g/mol. The second kappa shape index (κ2) is 9.36. The average Bonchev–Trinajstić information content (AvgIpc) is 3.17. The highest BCUT2D eigenvalue weighted by Gasteiger charge is 2.17. The standard InChI is InChI=1S/C25H26N2O4S/c1-15(26-27-23(29)17-6-8-18(9-7-17)24(30)31-5)20-14-32-22(21(20)28)16-10-12-19(13-11-16)25(2,3)4/h6-14,28H,1-5H3,(H,27,29)/b26-15-. The zero-order valence-corrected chi connectivity index (χ0v) is 19.5. The number of nitrogens with one attached hydrogen (secondary N) is 1. The van der Waals surface area contributed by atoms with E-state index in [1.807, 2.05) is 17.5 Å². The van der Waals surface area contributed by atoms with Gasteiger partial charge in [-0.05, 0) is 47.7 Å². The highest BCUT2D eigenvalue weighted by atomic mass is 32.1. The van der Waals surface area contributed by atoms with Crippen molar-refractivity contribution < 1.29 is 19.4 Å². The normalized spacial score (nSPS) is 11.8. The fraction of sp³-hybridized carbons (Fsp3) is 0.240. The first-order valence-electron chi connectivity index (χ1n) is 10.1. The summed E-state index contributed by atoms with van der Waals surface area (Å²) in [5, 5.41) is 16.7. The summed E-state index contributed by atoms with van der Waals surface area (Å²) in [6, 6.07) is 14.2. The van der Waals surface area contributed by atoms with Crippen LogP contribution in [0.3, 0.4) is 0 Å². The number of hydrogen-bond donors (Lipinski definition) is 2. The molecule has 0 radical (unpaired) electrons. The van der Waals surface area contributed by atoms with E-state index < -0.39 is 11.9 Å². The van der Waals surface area contributed by atoms with E-state index >= 15 is 0 Å². The van der Waals surface area contributed by atoms with Crippen molar-refractivity contribution in [1.29, 1.82) is 0 Å². The van der Waals surface area contributed by atoms with Crippen LogP contribution in [-0.4, -0.2) is 29.8 Å². The van der Waals surface area contributed by atoms with Crippen LogP contribution in [-0.2, 0) is 10.2 Å². The molecule has 2 aromatic carbocycles. The number of amides is 1. The molecule has 0 atom stereocenters. The maximum atomic E-state index is 12.4. The van der Waals surface area contributed by atoms with Gasteiger partial charge in [-0.25, -0.2) is 10.2 Å². The van der Waals surface area contributed by atoms with Crippen LogP contribution >= 0.6 is 11.3 Å². The highest BCUT2D eigenvalue weighted by Crippen LogP contribution is 2.39. The second-order valence-corrected chi connectivity index (χ2v) is 9.24. The van der Waals surface area contributed by atoms with Crippen molar-refractivity contribution >= 4 is 28.9 Å². The molecule has 166 valence electrons. The zero-order chi connectivity index (χ0) is 23.5. The van der Waals surface area contributed by atoms with Gasteiger partial charge in [0.05, 0.1) is 28.8 Å². The van der Waals surface area contributed by atoms with Crippen molar-refractivity contribution in [2.75, 3.05) is 7.11 Å². The first-order chi connectivity index (χ1) is 15.1. The number of esters is 1. The van der Waals surface area contributed by atoms with Crippen molar-refractivity contribution in [2.24, 2.45) is 5.10 Å². The molecule has 0 fully saturated rings. The lowest BCUT2D eigenvalue weighted by atomic mass is 9.86. The summed E-state index contributed by atoms with van der Waals surface area (Å²) in [5.74, 6) is -0.757. The lowest BCUT2D eigenvalue weighted by Crippen LogP contribution is -2.19. The molecule has 6 nitrogen and oxygen atoms in total. The van der Waals surface area contributed by atoms with E-state index in [1.165, 1.54) is 48.3 Å². The van der Waals surface area contributed by atoms with Gasteiger partial charge in [0.1, 0.15) is 5.75 Å². The van der Waals surface area contributed by atoms with Crippen LogP contribution in [0.15, 0.2) is 59.0 Å². The number of aromatic hydroxyl groups is 1. The van der Waals surface area contributed by atoms with Crippen LogP contribution in [0.25, 0.3) is 10.4 Å². The van der Waals surface area contributed by atoms with Gasteiger partial charge in [-0.1, -0.05) is 45.0 Å². The Morgan fingerprint density at radius 1 is 1.00 bits per heavy atom. The number of hydrogen-bond acceptors (Lipinski definition) is 6. The number of hydrazone groups is 1. The quantitative estimate of drug-likeness (QED) is 0.311. The molecule has 3 aromatic rings. The minimum absolute atomic E-state index is 0.0578. The highest BCUT2D eigenvalue weighted by molar-refractivity contribution is 7.14. The Morgan fingerprint density at radius 2 is 1.59 bits per heavy atom. The second-order valence-electron chi connectivity index (χ2n) is 8.36. The Bertz CT molecular complexity index is 1150. The molecule has 0 saturated heterocycles. The Kier molecular flexibility index (Phi) is 6.79. The number of rotatable bonds is 5. The molecule has 0 aliphatic heterocycles. The van der Waals surface area contributed by atoms with Gasteiger partial charge >= 0.3 is 5.97 Å². The van der Waals surface area contributed by atoms with E-state index in [0.717, 1.165) is 10.4 Å². The predicted molar refractivity (Wildman–Crippen MR) is 128 cm³/mol. The first kappa shape index (κ1) is 23.2. The summed E-state index contributed by atoms with van der Waals surface area (Å²) in [6.45, 7) is 8.19. The molecule has 0 saturated carbocycles. The van der Waals surface area contributed by atoms with Crippen LogP contribution in [0, 0.1) is 0 Å². The molecule has 0 aliphatic carbocycles. The predicted octanol–water partition coefficient (Wildman–Crippen LogP) is 5.36. The van der Waals surface area contributed by atoms with Crippen LogP contribution in [0.1, 0.15) is 59.5 Å². The summed E-state index contributed by atoms with van der Waals surface area (Å²) >= 11 is 1.42. The van der Waals surface area contributed by atoms with E-state index in [9.17, 15) is 14.7 Å². The lowest BCUT2D eigenvalue weighted by molar-refractivity contribution is 0.0600. The minimum atomic E-state index is -0.470. The molecule has 0 unspecified atom stereocenters. The fourth-order valence-electron chi connectivity index (χ4n) is 3.07. The summed E-state index contributed by atoms with van der Waals surface area (Å²) in [6.07, 6.45) is 0. The van der Waals surface area contributed by atoms with E-state index in [0.29, 0.717) is 22.4 Å². The summed E-state index contributed by atoms with van der Waals surface area (Å²) < 4.78 is 4.65. The topological polar surface area (TPSA) is 88.0 Å².